The molecule has 2 aromatic carbocycles. The Kier molecular flexibility index (Phi) is 17.5. The van der Waals surface area contributed by atoms with Gasteiger partial charge >= 0.3 is 88.7 Å². The van der Waals surface area contributed by atoms with Crippen LogP contribution in [0, 0.1) is 6.92 Å². The van der Waals surface area contributed by atoms with Crippen LogP contribution in [0.3, 0.4) is 0 Å². The molecule has 3 rings (SSSR count). The van der Waals surface area contributed by atoms with Crippen LogP contribution in [0.25, 0.3) is 5.57 Å². The molecule has 2 aromatic rings. The zero-order chi connectivity index (χ0) is 28.9. The molecule has 0 spiro atoms. The number of carboxylic acids is 2. The molecule has 0 unspecified atom stereocenters. The molecule has 0 bridgehead atoms. The first-order valence-electron chi connectivity index (χ1n) is 11.7. The molecule has 0 amide bonds. The largest absolute Gasteiger partial charge is 1.00 e. The van der Waals surface area contributed by atoms with E-state index in [1.54, 1.807) is 19.9 Å². The zero-order valence-electron chi connectivity index (χ0n) is 24.1. The second-order valence-electron chi connectivity index (χ2n) is 8.86. The fourth-order valence-electron chi connectivity index (χ4n) is 4.22. The Bertz CT molecular complexity index is 1550. The van der Waals surface area contributed by atoms with Crippen molar-refractivity contribution < 1.29 is 131 Å². The molecule has 3 N–H and O–H groups in total. The van der Waals surface area contributed by atoms with Crippen molar-refractivity contribution in [2.75, 3.05) is 19.6 Å². The van der Waals surface area contributed by atoms with Gasteiger partial charge in [-0.2, -0.15) is 0 Å². The van der Waals surface area contributed by atoms with Crippen molar-refractivity contribution in [3.05, 3.63) is 87.5 Å². The number of hydrogen-bond donors (Lipinski definition) is 3. The number of ketones is 1. The van der Waals surface area contributed by atoms with E-state index in [4.69, 9.17) is 0 Å². The van der Waals surface area contributed by atoms with Crippen molar-refractivity contribution in [1.82, 2.24) is 10.6 Å². The van der Waals surface area contributed by atoms with Crippen LogP contribution in [0.1, 0.15) is 29.2 Å². The van der Waals surface area contributed by atoms with Crippen molar-refractivity contribution >= 4 is 33.4 Å². The molecular weight excluding hydrogens is 597 g/mol. The normalized spacial score (nSPS) is 13.9. The molecule has 0 aromatic heterocycles. The Morgan fingerprint density at radius 3 is 2.05 bits per heavy atom. The van der Waals surface area contributed by atoms with Gasteiger partial charge in [-0.15, -0.1) is 0 Å². The Morgan fingerprint density at radius 1 is 0.905 bits per heavy atom. The van der Waals surface area contributed by atoms with Gasteiger partial charge in [-0.25, -0.2) is 8.42 Å². The van der Waals surface area contributed by atoms with Gasteiger partial charge in [0.2, 0.25) is 0 Å². The number of aliphatic carboxylic acids is 2. The third kappa shape index (κ3) is 10.8. The average molecular weight is 623 g/mol. The van der Waals surface area contributed by atoms with E-state index in [9.17, 15) is 42.7 Å². The van der Waals surface area contributed by atoms with Gasteiger partial charge in [0.15, 0.2) is 5.78 Å². The minimum Gasteiger partial charge on any atom is -0.744 e. The third-order valence-electron chi connectivity index (χ3n) is 5.90. The number of allylic oxidation sites excluding steroid dienone is 4. The molecule has 42 heavy (non-hydrogen) atoms. The number of phenols is 1. The molecule has 11 nitrogen and oxygen atoms in total. The number of phenolic OH excluding ortho intramolecular Hbond substituents is 1. The monoisotopic (exact) mass is 622 g/mol. The van der Waals surface area contributed by atoms with Crippen LogP contribution in [0.2, 0.25) is 0 Å². The molecule has 0 aliphatic heterocycles. The van der Waals surface area contributed by atoms with Crippen molar-refractivity contribution in [2.24, 2.45) is 0 Å². The summed E-state index contributed by atoms with van der Waals surface area (Å²) >= 11 is 0. The number of carboxylic acid groups (broad SMARTS) is 2. The van der Waals surface area contributed by atoms with Gasteiger partial charge in [0.1, 0.15) is 15.9 Å². The Hall–Kier alpha value is -1.10. The maximum atomic E-state index is 12.8. The van der Waals surface area contributed by atoms with Gasteiger partial charge in [-0.05, 0) is 72.0 Å². The van der Waals surface area contributed by atoms with Gasteiger partial charge < -0.3 is 40.1 Å². The van der Waals surface area contributed by atoms with Gasteiger partial charge in [-0.3, -0.25) is 4.79 Å². The van der Waals surface area contributed by atoms with Crippen LogP contribution in [-0.4, -0.2) is 55.4 Å². The number of benzene rings is 2. The average Bonchev–Trinajstić information content (AvgIpc) is 2.84. The molecule has 1 aliphatic carbocycles. The Labute approximate surface area is 310 Å². The van der Waals surface area contributed by atoms with Crippen molar-refractivity contribution in [1.29, 1.82) is 0 Å². The number of hydrogen-bond acceptors (Lipinski definition) is 11. The van der Waals surface area contributed by atoms with E-state index in [0.29, 0.717) is 22.3 Å². The Morgan fingerprint density at radius 2 is 1.48 bits per heavy atom. The molecule has 0 saturated carbocycles. The Balaban J connectivity index is 0.00000560. The molecular formula is C27H25N2Na3O9S. The minimum atomic E-state index is -4.95. The van der Waals surface area contributed by atoms with E-state index in [1.807, 2.05) is 0 Å². The van der Waals surface area contributed by atoms with Crippen LogP contribution < -0.4 is 110 Å². The van der Waals surface area contributed by atoms with Gasteiger partial charge in [0.25, 0.3) is 0 Å². The first kappa shape index (κ1) is 40.9. The second kappa shape index (κ2) is 18.0. The number of aromatic hydroxyl groups is 1. The summed E-state index contributed by atoms with van der Waals surface area (Å²) in [5.74, 6) is -3.19. The zero-order valence-corrected chi connectivity index (χ0v) is 30.9. The molecule has 15 heteroatoms. The van der Waals surface area contributed by atoms with Crippen LogP contribution in [-0.2, 0) is 31.0 Å². The van der Waals surface area contributed by atoms with Gasteiger partial charge in [-0.1, -0.05) is 18.2 Å². The fourth-order valence-corrected chi connectivity index (χ4v) is 4.91. The molecule has 0 radical (unpaired) electrons. The summed E-state index contributed by atoms with van der Waals surface area (Å²) in [5, 5.41) is 37.5. The quantitative estimate of drug-likeness (QED) is 0.159. The number of carbonyl (C=O) groups is 3. The maximum absolute atomic E-state index is 12.8. The standard InChI is InChI=1S/C27H28N2O9S.3Na/c1-15-7-17(9-19(26(15)34)11-28-13-23(30)31)25(21-5-3-4-6-22(21)39(36,37)38)18-8-16(2)27(35)20(10-18)12-29-14-24(32)33;;;/h3-10,28-29,34H,11-14H2,1-2H3,(H,30,31)(H,32,33)(H,36,37,38);;;/q;3*+1/p-3. The van der Waals surface area contributed by atoms with E-state index in [2.05, 4.69) is 10.6 Å². The smallest absolute Gasteiger partial charge is 0.744 e. The summed E-state index contributed by atoms with van der Waals surface area (Å²) in [6, 6.07) is 8.61. The minimum absolute atomic E-state index is 0. The number of aryl methyl sites for hydroxylation is 1. The number of rotatable bonds is 11. The van der Waals surface area contributed by atoms with E-state index in [0.717, 1.165) is 6.07 Å². The SMILES string of the molecule is CC1=CC(=C(c2cc(C)c(O)c(CNCC(=O)[O-])c2)c2ccccc2S(=O)(=O)[O-])C=C(CNCC(=O)[O-])C1=O.[Na+].[Na+].[Na+]. The summed E-state index contributed by atoms with van der Waals surface area (Å²) in [4.78, 5) is 33.9. The molecule has 0 atom stereocenters. The van der Waals surface area contributed by atoms with Crippen molar-refractivity contribution in [2.45, 2.75) is 25.3 Å². The maximum Gasteiger partial charge on any atom is 1.00 e. The second-order valence-corrected chi connectivity index (χ2v) is 10.2. The van der Waals surface area contributed by atoms with E-state index in [-0.39, 0.29) is 136 Å². The van der Waals surface area contributed by atoms with Gasteiger partial charge in [0.05, 0.1) is 16.8 Å². The first-order chi connectivity index (χ1) is 18.3. The summed E-state index contributed by atoms with van der Waals surface area (Å²) in [7, 11) is -4.95. The first-order valence-corrected chi connectivity index (χ1v) is 13.1. The predicted molar refractivity (Wildman–Crippen MR) is 135 cm³/mol. The van der Waals surface area contributed by atoms with E-state index < -0.39 is 40.0 Å². The van der Waals surface area contributed by atoms with Crippen LogP contribution in [0.5, 0.6) is 5.75 Å². The fraction of sp³-hybridized carbons (Fsp3) is 0.222. The summed E-state index contributed by atoms with van der Waals surface area (Å²) < 4.78 is 36.6. The number of nitrogens with one attached hydrogen (secondary N) is 2. The van der Waals surface area contributed by atoms with Crippen LogP contribution in [0.15, 0.2) is 70.2 Å². The molecule has 0 saturated heterocycles. The molecule has 206 valence electrons. The topological polar surface area (TPSA) is 199 Å². The van der Waals surface area contributed by atoms with Gasteiger partial charge in [0, 0.05) is 42.9 Å². The summed E-state index contributed by atoms with van der Waals surface area (Å²) in [5.41, 5.74) is 2.16. The van der Waals surface area contributed by atoms with Crippen LogP contribution >= 0.6 is 0 Å². The molecule has 0 fully saturated rings. The van der Waals surface area contributed by atoms with Crippen LogP contribution in [0.4, 0.5) is 0 Å². The number of Topliss-reactive ketones (excluding diaryl/α,β-unsaturated/α-hetero) is 1. The summed E-state index contributed by atoms with van der Waals surface area (Å²) in [6.07, 6.45) is 2.99. The summed E-state index contributed by atoms with van der Waals surface area (Å²) in [6.45, 7) is 1.96. The number of carbonyl (C=O) groups excluding carboxylic acids is 3. The molecule has 0 heterocycles. The third-order valence-corrected chi connectivity index (χ3v) is 6.80. The van der Waals surface area contributed by atoms with E-state index in [1.165, 1.54) is 36.4 Å². The van der Waals surface area contributed by atoms with E-state index >= 15 is 0 Å². The molecule has 1 aliphatic rings. The van der Waals surface area contributed by atoms with Crippen molar-refractivity contribution in [3.8, 4) is 5.75 Å². The van der Waals surface area contributed by atoms with Crippen molar-refractivity contribution in [3.63, 3.8) is 0 Å². The predicted octanol–water partition coefficient (Wildman–Crippen LogP) is -9.95.